The molecule has 0 unspecified atom stereocenters. The van der Waals surface area contributed by atoms with Gasteiger partial charge in [0.15, 0.2) is 0 Å². The van der Waals surface area contributed by atoms with Gasteiger partial charge in [0.05, 0.1) is 18.1 Å². The van der Waals surface area contributed by atoms with Gasteiger partial charge in [-0.2, -0.15) is 35.3 Å². The Balaban J connectivity index is 2.68. The highest BCUT2D eigenvalue weighted by Crippen LogP contribution is 2.16. The molecule has 3 amide bonds. The van der Waals surface area contributed by atoms with E-state index in [1.807, 2.05) is 18.8 Å². The maximum absolute atomic E-state index is 12.2. The first-order valence-corrected chi connectivity index (χ1v) is 19.1. The predicted octanol–water partition coefficient (Wildman–Crippen LogP) is 2.07. The van der Waals surface area contributed by atoms with E-state index in [4.69, 9.17) is 17.2 Å². The molecule has 9 N–H and O–H groups in total. The van der Waals surface area contributed by atoms with Crippen LogP contribution in [0.3, 0.4) is 0 Å². The van der Waals surface area contributed by atoms with Crippen molar-refractivity contribution in [2.45, 2.75) is 75.9 Å². The second-order valence-corrected chi connectivity index (χ2v) is 13.5. The number of amides is 3. The van der Waals surface area contributed by atoms with Crippen molar-refractivity contribution in [2.24, 2.45) is 17.2 Å². The zero-order valence-electron chi connectivity index (χ0n) is 25.8. The average molecular weight is 643 g/mol. The number of carbonyl (C=O) groups is 3. The molecule has 0 saturated heterocycles. The average Bonchev–Trinajstić information content (AvgIpc) is 2.99. The lowest BCUT2D eigenvalue weighted by Crippen LogP contribution is -2.41. The topological polar surface area (TPSA) is 165 Å². The fourth-order valence-electron chi connectivity index (χ4n) is 4.31. The molecule has 0 heterocycles. The van der Waals surface area contributed by atoms with Crippen LogP contribution in [0.15, 0.2) is 18.2 Å². The van der Waals surface area contributed by atoms with Gasteiger partial charge in [-0.3, -0.25) is 14.4 Å². The standard InChI is InChI=1S/C30H54N6O3S3/c1-40-16-10-25(31)28(37)34-13-4-7-22-19-23(8-5-14-35-29(38)26(32)11-17-41-2)21-24(20-22)9-6-15-36-30(39)27(33)12-18-42-3/h19-21,25-27H,4-18,31-33H2,1-3H3,(H,34,37)(H,35,38)(H,36,39)/t25-,26-,27-/m0/s1. The molecule has 1 aromatic rings. The molecule has 0 aliphatic carbocycles. The number of hydrogen-bond acceptors (Lipinski definition) is 9. The van der Waals surface area contributed by atoms with Gasteiger partial charge in [-0.05, 0) is 111 Å². The Bertz CT molecular complexity index is 798. The zero-order valence-corrected chi connectivity index (χ0v) is 28.2. The van der Waals surface area contributed by atoms with E-state index in [1.54, 1.807) is 35.3 Å². The van der Waals surface area contributed by atoms with Crippen LogP contribution in [-0.4, -0.2) is 91.5 Å². The van der Waals surface area contributed by atoms with E-state index in [9.17, 15) is 14.4 Å². The minimum absolute atomic E-state index is 0.0936. The monoisotopic (exact) mass is 642 g/mol. The number of nitrogens with one attached hydrogen (secondary N) is 3. The summed E-state index contributed by atoms with van der Waals surface area (Å²) in [5.41, 5.74) is 21.6. The van der Waals surface area contributed by atoms with E-state index < -0.39 is 18.1 Å². The van der Waals surface area contributed by atoms with E-state index >= 15 is 0 Å². The summed E-state index contributed by atoms with van der Waals surface area (Å²) < 4.78 is 0. The quantitative estimate of drug-likeness (QED) is 0.0926. The van der Waals surface area contributed by atoms with Gasteiger partial charge >= 0.3 is 0 Å². The number of rotatable bonds is 24. The van der Waals surface area contributed by atoms with Gasteiger partial charge in [-0.1, -0.05) is 18.2 Å². The fraction of sp³-hybridized carbons (Fsp3) is 0.700. The maximum atomic E-state index is 12.2. The molecule has 3 atom stereocenters. The third-order valence-electron chi connectivity index (χ3n) is 6.85. The predicted molar refractivity (Wildman–Crippen MR) is 183 cm³/mol. The van der Waals surface area contributed by atoms with Crippen molar-refractivity contribution < 1.29 is 14.4 Å². The van der Waals surface area contributed by atoms with Crippen LogP contribution in [0, 0.1) is 0 Å². The summed E-state index contributed by atoms with van der Waals surface area (Å²) in [5, 5.41) is 8.89. The van der Waals surface area contributed by atoms with Crippen molar-refractivity contribution in [3.8, 4) is 0 Å². The van der Waals surface area contributed by atoms with Crippen LogP contribution in [0.25, 0.3) is 0 Å². The summed E-state index contributed by atoms with van der Waals surface area (Å²) in [6.07, 6.45) is 13.0. The normalized spacial score (nSPS) is 13.3. The van der Waals surface area contributed by atoms with Gasteiger partial charge in [0, 0.05) is 19.6 Å². The largest absolute Gasteiger partial charge is 0.355 e. The third-order valence-corrected chi connectivity index (χ3v) is 8.78. The van der Waals surface area contributed by atoms with E-state index in [0.29, 0.717) is 38.9 Å². The van der Waals surface area contributed by atoms with E-state index in [-0.39, 0.29) is 17.7 Å². The molecule has 0 radical (unpaired) electrons. The summed E-state index contributed by atoms with van der Waals surface area (Å²) in [6.45, 7) is 1.74. The molecule has 42 heavy (non-hydrogen) atoms. The smallest absolute Gasteiger partial charge is 0.236 e. The summed E-state index contributed by atoms with van der Waals surface area (Å²) >= 11 is 5.06. The Morgan fingerprint density at radius 2 is 0.833 bits per heavy atom. The van der Waals surface area contributed by atoms with Crippen LogP contribution in [0.4, 0.5) is 0 Å². The molecule has 0 spiro atoms. The molecule has 240 valence electrons. The van der Waals surface area contributed by atoms with Gasteiger partial charge < -0.3 is 33.2 Å². The van der Waals surface area contributed by atoms with Crippen molar-refractivity contribution in [1.82, 2.24) is 16.0 Å². The Kier molecular flexibility index (Phi) is 22.0. The third kappa shape index (κ3) is 17.6. The second kappa shape index (κ2) is 23.9. The molecule has 0 aliphatic rings. The highest BCUT2D eigenvalue weighted by Gasteiger charge is 2.14. The van der Waals surface area contributed by atoms with E-state index in [2.05, 4.69) is 34.1 Å². The number of nitrogens with two attached hydrogens (primary N) is 3. The molecule has 12 heteroatoms. The van der Waals surface area contributed by atoms with Gasteiger partial charge in [-0.15, -0.1) is 0 Å². The summed E-state index contributed by atoms with van der Waals surface area (Å²) in [7, 11) is 0. The SMILES string of the molecule is CSCC[C@H](N)C(=O)NCCCc1cc(CCCNC(=O)[C@@H](N)CCSC)cc(CCCNC(=O)[C@@H](N)CCSC)c1. The van der Waals surface area contributed by atoms with Crippen LogP contribution >= 0.6 is 35.3 Å². The van der Waals surface area contributed by atoms with Crippen molar-refractivity contribution in [2.75, 3.05) is 55.7 Å². The molecular weight excluding hydrogens is 589 g/mol. The molecular formula is C30H54N6O3S3. The summed E-state index contributed by atoms with van der Waals surface area (Å²) in [6, 6.07) is 5.26. The number of carbonyl (C=O) groups excluding carboxylic acids is 3. The molecule has 0 aliphatic heterocycles. The van der Waals surface area contributed by atoms with Crippen LogP contribution < -0.4 is 33.2 Å². The maximum Gasteiger partial charge on any atom is 0.236 e. The molecule has 1 aromatic carbocycles. The lowest BCUT2D eigenvalue weighted by Gasteiger charge is -2.14. The Hall–Kier alpha value is -1.44. The molecule has 1 rings (SSSR count). The van der Waals surface area contributed by atoms with Gasteiger partial charge in [0.25, 0.3) is 0 Å². The van der Waals surface area contributed by atoms with Crippen LogP contribution in [0.1, 0.15) is 55.2 Å². The molecule has 0 aromatic heterocycles. The fourth-order valence-corrected chi connectivity index (χ4v) is 5.77. The molecule has 0 fully saturated rings. The summed E-state index contributed by atoms with van der Waals surface area (Å²) in [4.78, 5) is 36.7. The van der Waals surface area contributed by atoms with E-state index in [1.165, 1.54) is 16.7 Å². The number of thioether (sulfide) groups is 3. The lowest BCUT2D eigenvalue weighted by atomic mass is 9.97. The number of benzene rings is 1. The highest BCUT2D eigenvalue weighted by atomic mass is 32.2. The molecule has 9 nitrogen and oxygen atoms in total. The minimum Gasteiger partial charge on any atom is -0.355 e. The second-order valence-electron chi connectivity index (χ2n) is 10.5. The first-order chi connectivity index (χ1) is 20.2. The minimum atomic E-state index is -0.464. The first-order valence-electron chi connectivity index (χ1n) is 14.9. The summed E-state index contributed by atoms with van der Waals surface area (Å²) in [5.74, 6) is 2.32. The van der Waals surface area contributed by atoms with Crippen LogP contribution in [0.5, 0.6) is 0 Å². The first kappa shape index (κ1) is 38.6. The number of hydrogen-bond donors (Lipinski definition) is 6. The molecule has 0 bridgehead atoms. The van der Waals surface area contributed by atoms with E-state index in [0.717, 1.165) is 55.8 Å². The molecule has 0 saturated carbocycles. The van der Waals surface area contributed by atoms with Crippen molar-refractivity contribution in [3.63, 3.8) is 0 Å². The Labute approximate surface area is 266 Å². The zero-order chi connectivity index (χ0) is 31.2. The highest BCUT2D eigenvalue weighted by molar-refractivity contribution is 7.98. The lowest BCUT2D eigenvalue weighted by molar-refractivity contribution is -0.123. The van der Waals surface area contributed by atoms with Gasteiger partial charge in [-0.25, -0.2) is 0 Å². The van der Waals surface area contributed by atoms with Crippen molar-refractivity contribution in [3.05, 3.63) is 34.9 Å². The van der Waals surface area contributed by atoms with Crippen LogP contribution in [0.2, 0.25) is 0 Å². The Morgan fingerprint density at radius 1 is 0.571 bits per heavy atom. The van der Waals surface area contributed by atoms with Crippen LogP contribution in [-0.2, 0) is 33.6 Å². The van der Waals surface area contributed by atoms with Crippen molar-refractivity contribution >= 4 is 53.0 Å². The number of aryl methyl sites for hydroxylation is 3. The van der Waals surface area contributed by atoms with Gasteiger partial charge in [0.1, 0.15) is 0 Å². The Morgan fingerprint density at radius 3 is 1.07 bits per heavy atom. The van der Waals surface area contributed by atoms with Crippen molar-refractivity contribution in [1.29, 1.82) is 0 Å². The van der Waals surface area contributed by atoms with Gasteiger partial charge in [0.2, 0.25) is 17.7 Å².